The van der Waals surface area contributed by atoms with Crippen LogP contribution in [0.25, 0.3) is 33.6 Å². The first kappa shape index (κ1) is 16.5. The summed E-state index contributed by atoms with van der Waals surface area (Å²) >= 11 is 1.55. The van der Waals surface area contributed by atoms with Gasteiger partial charge in [-0.2, -0.15) is 29.5 Å². The number of hydrogen-bond acceptors (Lipinski definition) is 4. The Morgan fingerprint density at radius 1 is 0.923 bits per heavy atom. The molecule has 0 aliphatic rings. The van der Waals surface area contributed by atoms with Gasteiger partial charge >= 0.3 is 6.18 Å². The number of nitrogens with zero attached hydrogens (tertiary/aromatic N) is 1. The molecule has 130 valence electrons. The zero-order chi connectivity index (χ0) is 18.3. The van der Waals surface area contributed by atoms with Gasteiger partial charge in [0.15, 0.2) is 0 Å². The van der Waals surface area contributed by atoms with Crippen LogP contribution >= 0.6 is 11.3 Å². The highest BCUT2D eigenvalue weighted by Gasteiger charge is 2.30. The Bertz CT molecular complexity index is 1130. The van der Waals surface area contributed by atoms with Crippen molar-refractivity contribution in [2.45, 2.75) is 6.18 Å². The molecule has 0 saturated heterocycles. The van der Waals surface area contributed by atoms with E-state index in [9.17, 15) is 18.0 Å². The van der Waals surface area contributed by atoms with Crippen LogP contribution in [-0.2, 0) is 6.18 Å². The number of thiophene rings is 1. The van der Waals surface area contributed by atoms with E-state index in [-0.39, 0.29) is 5.89 Å². The summed E-state index contributed by atoms with van der Waals surface area (Å²) in [6, 6.07) is 11.5. The summed E-state index contributed by atoms with van der Waals surface area (Å²) in [4.78, 5) is 16.3. The summed E-state index contributed by atoms with van der Waals surface area (Å²) in [5.41, 5.74) is 1.24. The average Bonchev–Trinajstić information content (AvgIpc) is 3.15. The van der Waals surface area contributed by atoms with Gasteiger partial charge in [-0.15, -0.1) is 0 Å². The predicted octanol–water partition coefficient (Wildman–Crippen LogP) is 5.60. The lowest BCUT2D eigenvalue weighted by molar-refractivity contribution is -0.137. The van der Waals surface area contributed by atoms with E-state index in [4.69, 9.17) is 4.42 Å². The minimum absolute atomic E-state index is 0.0143. The van der Waals surface area contributed by atoms with E-state index >= 15 is 0 Å². The highest BCUT2D eigenvalue weighted by Crippen LogP contribution is 2.31. The molecule has 0 spiro atoms. The van der Waals surface area contributed by atoms with E-state index in [2.05, 4.69) is 4.98 Å². The van der Waals surface area contributed by atoms with E-state index in [0.29, 0.717) is 16.5 Å². The summed E-state index contributed by atoms with van der Waals surface area (Å²) in [6.45, 7) is 0. The van der Waals surface area contributed by atoms with Crippen LogP contribution in [0.3, 0.4) is 0 Å². The quantitative estimate of drug-likeness (QED) is 0.459. The lowest BCUT2D eigenvalue weighted by atomic mass is 10.1. The first-order valence-electron chi connectivity index (χ1n) is 7.57. The maximum atomic E-state index is 12.7. The van der Waals surface area contributed by atoms with Gasteiger partial charge in [-0.25, -0.2) is 0 Å². The maximum Gasteiger partial charge on any atom is 0.416 e. The van der Waals surface area contributed by atoms with Gasteiger partial charge in [-0.3, -0.25) is 4.79 Å². The van der Waals surface area contributed by atoms with E-state index in [1.807, 2.05) is 22.9 Å². The molecule has 0 saturated carbocycles. The smallest absolute Gasteiger partial charge is 0.416 e. The summed E-state index contributed by atoms with van der Waals surface area (Å²) < 4.78 is 43.6. The number of aromatic nitrogens is 1. The van der Waals surface area contributed by atoms with Crippen molar-refractivity contribution in [3.05, 3.63) is 75.2 Å². The van der Waals surface area contributed by atoms with Crippen molar-refractivity contribution < 1.29 is 17.6 Å². The molecule has 0 amide bonds. The van der Waals surface area contributed by atoms with Crippen LogP contribution in [0.15, 0.2) is 68.5 Å². The Hall–Kier alpha value is -2.93. The molecular formula is C19H10F3NO2S. The Labute approximate surface area is 149 Å². The molecule has 26 heavy (non-hydrogen) atoms. The Morgan fingerprint density at radius 2 is 1.65 bits per heavy atom. The largest absolute Gasteiger partial charge is 0.437 e. The van der Waals surface area contributed by atoms with Gasteiger partial charge in [0.05, 0.1) is 10.9 Å². The summed E-state index contributed by atoms with van der Waals surface area (Å²) in [7, 11) is 0. The lowest BCUT2D eigenvalue weighted by Crippen LogP contribution is -2.08. The molecule has 0 fully saturated rings. The van der Waals surface area contributed by atoms with Crippen LogP contribution in [0.1, 0.15) is 5.56 Å². The second-order valence-corrected chi connectivity index (χ2v) is 6.40. The summed E-state index contributed by atoms with van der Waals surface area (Å²) in [6.07, 6.45) is -4.42. The summed E-state index contributed by atoms with van der Waals surface area (Å²) in [5.74, 6) is -0.0143. The third kappa shape index (κ3) is 3.01. The van der Waals surface area contributed by atoms with Gasteiger partial charge in [0.25, 0.3) is 5.56 Å². The van der Waals surface area contributed by atoms with Crippen molar-refractivity contribution in [1.29, 1.82) is 0 Å². The fourth-order valence-electron chi connectivity index (χ4n) is 2.60. The fraction of sp³-hybridized carbons (Fsp3) is 0.0526. The molecule has 0 unspecified atom stereocenters. The van der Waals surface area contributed by atoms with E-state index in [0.717, 1.165) is 23.3 Å². The highest BCUT2D eigenvalue weighted by atomic mass is 32.1. The van der Waals surface area contributed by atoms with Gasteiger partial charge in [0.1, 0.15) is 5.58 Å². The Kier molecular flexibility index (Phi) is 3.88. The highest BCUT2D eigenvalue weighted by molar-refractivity contribution is 7.08. The fourth-order valence-corrected chi connectivity index (χ4v) is 3.26. The lowest BCUT2D eigenvalue weighted by Gasteiger charge is -2.07. The maximum absolute atomic E-state index is 12.7. The van der Waals surface area contributed by atoms with Crippen molar-refractivity contribution in [3.8, 4) is 22.6 Å². The predicted molar refractivity (Wildman–Crippen MR) is 94.0 cm³/mol. The van der Waals surface area contributed by atoms with Crippen molar-refractivity contribution in [2.24, 2.45) is 0 Å². The molecule has 2 aromatic heterocycles. The number of hydrogen-bond donors (Lipinski definition) is 0. The first-order chi connectivity index (χ1) is 12.4. The molecule has 2 heterocycles. The van der Waals surface area contributed by atoms with Crippen molar-refractivity contribution in [3.63, 3.8) is 0 Å². The number of fused-ring (bicyclic) bond motifs is 1. The molecule has 7 heteroatoms. The number of halogens is 3. The molecular weight excluding hydrogens is 363 g/mol. The van der Waals surface area contributed by atoms with Gasteiger partial charge in [-0.05, 0) is 64.4 Å². The molecule has 3 nitrogen and oxygen atoms in total. The molecule has 0 radical (unpaired) electrons. The Morgan fingerprint density at radius 3 is 2.31 bits per heavy atom. The Balaban J connectivity index is 1.78. The van der Waals surface area contributed by atoms with E-state index in [1.165, 1.54) is 12.1 Å². The summed E-state index contributed by atoms with van der Waals surface area (Å²) in [5, 5.41) is 4.23. The molecule has 0 N–H and O–H groups in total. The zero-order valence-corrected chi connectivity index (χ0v) is 13.9. The van der Waals surface area contributed by atoms with Gasteiger partial charge in [-0.1, -0.05) is 6.07 Å². The van der Waals surface area contributed by atoms with Crippen molar-refractivity contribution in [2.75, 3.05) is 0 Å². The normalized spacial score (nSPS) is 11.8. The topological polar surface area (TPSA) is 43.1 Å². The minimum atomic E-state index is -4.42. The minimum Gasteiger partial charge on any atom is -0.437 e. The number of rotatable bonds is 2. The standard InChI is InChI=1S/C19H10F3NO2S/c20-19(21,22)14-4-1-11(2-5-14)18-23-17(24)15-9-12(3-6-16(15)25-18)13-7-8-26-10-13/h1-10H. The van der Waals surface area contributed by atoms with Crippen LogP contribution in [0.5, 0.6) is 0 Å². The molecule has 4 rings (SSSR count). The first-order valence-corrected chi connectivity index (χ1v) is 8.51. The monoisotopic (exact) mass is 373 g/mol. The zero-order valence-electron chi connectivity index (χ0n) is 13.1. The molecule has 2 aromatic carbocycles. The second-order valence-electron chi connectivity index (χ2n) is 5.62. The SMILES string of the molecule is O=c1nc(-c2ccc(C(F)(F)F)cc2)oc2ccc(-c3ccsc3)cc12. The van der Waals surface area contributed by atoms with Crippen molar-refractivity contribution >= 4 is 22.3 Å². The van der Waals surface area contributed by atoms with Gasteiger partial charge in [0, 0.05) is 5.56 Å². The van der Waals surface area contributed by atoms with Gasteiger partial charge < -0.3 is 4.42 Å². The molecule has 0 aliphatic heterocycles. The number of benzene rings is 2. The van der Waals surface area contributed by atoms with E-state index in [1.54, 1.807) is 23.5 Å². The van der Waals surface area contributed by atoms with Crippen molar-refractivity contribution in [1.82, 2.24) is 4.98 Å². The van der Waals surface area contributed by atoms with Crippen LogP contribution < -0.4 is 5.56 Å². The number of alkyl halides is 3. The van der Waals surface area contributed by atoms with Crippen LogP contribution in [0, 0.1) is 0 Å². The average molecular weight is 373 g/mol. The van der Waals surface area contributed by atoms with Gasteiger partial charge in [0.2, 0.25) is 5.89 Å². The van der Waals surface area contributed by atoms with Crippen LogP contribution in [0.4, 0.5) is 13.2 Å². The second kappa shape index (κ2) is 6.10. The third-order valence-corrected chi connectivity index (χ3v) is 4.62. The molecule has 0 aliphatic carbocycles. The third-order valence-electron chi connectivity index (χ3n) is 3.93. The van der Waals surface area contributed by atoms with Crippen LogP contribution in [0.2, 0.25) is 0 Å². The molecule has 0 bridgehead atoms. The molecule has 4 aromatic rings. The molecule has 0 atom stereocenters. The van der Waals surface area contributed by atoms with E-state index < -0.39 is 17.3 Å². The van der Waals surface area contributed by atoms with Crippen LogP contribution in [-0.4, -0.2) is 4.98 Å².